The Kier molecular flexibility index (Phi) is 4.88. The first-order valence-electron chi connectivity index (χ1n) is 7.23. The first-order valence-corrected chi connectivity index (χ1v) is 7.23. The molecule has 0 atom stereocenters. The molecule has 4 heteroatoms. The summed E-state index contributed by atoms with van der Waals surface area (Å²) in [7, 11) is 1.59. The molecular formula is C15H25N3O. The number of ether oxygens (including phenoxy) is 1. The topological polar surface area (TPSA) is 60.2 Å². The second-order valence-electron chi connectivity index (χ2n) is 5.64. The van der Waals surface area contributed by atoms with Crippen LogP contribution in [-0.4, -0.2) is 18.6 Å². The van der Waals surface area contributed by atoms with E-state index in [-0.39, 0.29) is 0 Å². The minimum absolute atomic E-state index is 0.497. The predicted molar refractivity (Wildman–Crippen MR) is 79.4 cm³/mol. The number of hydrogen-bond acceptors (Lipinski definition) is 4. The molecule has 19 heavy (non-hydrogen) atoms. The first kappa shape index (κ1) is 14.0. The van der Waals surface area contributed by atoms with Gasteiger partial charge in [0.05, 0.1) is 12.8 Å². The highest BCUT2D eigenvalue weighted by molar-refractivity contribution is 5.53. The fourth-order valence-corrected chi connectivity index (χ4v) is 2.74. The van der Waals surface area contributed by atoms with Crippen LogP contribution in [0.2, 0.25) is 0 Å². The number of nitrogens with one attached hydrogen (secondary N) is 1. The van der Waals surface area contributed by atoms with Gasteiger partial charge in [-0.2, -0.15) is 4.98 Å². The number of pyridine rings is 1. The Morgan fingerprint density at radius 3 is 2.74 bits per heavy atom. The van der Waals surface area contributed by atoms with E-state index in [2.05, 4.69) is 17.2 Å². The number of nitrogens with zero attached hydrogens (tertiary/aromatic N) is 1. The van der Waals surface area contributed by atoms with Crippen LogP contribution in [0.5, 0.6) is 5.88 Å². The molecule has 1 aliphatic carbocycles. The highest BCUT2D eigenvalue weighted by Gasteiger charge is 2.17. The number of anilines is 2. The zero-order chi connectivity index (χ0) is 13.7. The van der Waals surface area contributed by atoms with E-state index in [1.165, 1.54) is 32.1 Å². The molecule has 3 N–H and O–H groups in total. The molecule has 0 unspecified atom stereocenters. The van der Waals surface area contributed by atoms with Crippen molar-refractivity contribution >= 4 is 11.5 Å². The van der Waals surface area contributed by atoms with Crippen LogP contribution in [0.25, 0.3) is 0 Å². The van der Waals surface area contributed by atoms with Crippen LogP contribution in [0.15, 0.2) is 12.1 Å². The fraction of sp³-hybridized carbons (Fsp3) is 0.667. The summed E-state index contributed by atoms with van der Waals surface area (Å²) in [6.07, 6.45) is 6.75. The minimum atomic E-state index is 0.497. The van der Waals surface area contributed by atoms with Crippen LogP contribution in [0.4, 0.5) is 11.5 Å². The van der Waals surface area contributed by atoms with Gasteiger partial charge in [-0.1, -0.05) is 32.6 Å². The number of nitrogen functional groups attached to an aromatic ring is 1. The molecule has 0 spiro atoms. The number of aromatic nitrogens is 1. The van der Waals surface area contributed by atoms with Gasteiger partial charge in [-0.15, -0.1) is 0 Å². The second-order valence-corrected chi connectivity index (χ2v) is 5.64. The van der Waals surface area contributed by atoms with Gasteiger partial charge in [0.25, 0.3) is 0 Å². The maximum Gasteiger partial charge on any atom is 0.238 e. The van der Waals surface area contributed by atoms with Crippen molar-refractivity contribution in [1.29, 1.82) is 0 Å². The lowest BCUT2D eigenvalue weighted by Gasteiger charge is -2.26. The monoisotopic (exact) mass is 263 g/mol. The predicted octanol–water partition coefficient (Wildman–Crippen LogP) is 3.30. The smallest absolute Gasteiger partial charge is 0.238 e. The summed E-state index contributed by atoms with van der Waals surface area (Å²) in [4.78, 5) is 4.33. The zero-order valence-electron chi connectivity index (χ0n) is 12.0. The van der Waals surface area contributed by atoms with Crippen LogP contribution in [-0.2, 0) is 0 Å². The van der Waals surface area contributed by atoms with Crippen molar-refractivity contribution in [1.82, 2.24) is 4.98 Å². The van der Waals surface area contributed by atoms with Crippen LogP contribution in [0.3, 0.4) is 0 Å². The Labute approximate surface area is 115 Å². The van der Waals surface area contributed by atoms with E-state index >= 15 is 0 Å². The van der Waals surface area contributed by atoms with E-state index in [0.717, 1.165) is 24.2 Å². The molecule has 1 fully saturated rings. The highest BCUT2D eigenvalue weighted by atomic mass is 16.5. The summed E-state index contributed by atoms with van der Waals surface area (Å²) >= 11 is 0. The van der Waals surface area contributed by atoms with Crippen LogP contribution >= 0.6 is 0 Å². The molecule has 2 rings (SSSR count). The van der Waals surface area contributed by atoms with Gasteiger partial charge in [-0.05, 0) is 30.4 Å². The minimum Gasteiger partial charge on any atom is -0.479 e. The lowest BCUT2D eigenvalue weighted by atomic mass is 9.81. The Morgan fingerprint density at radius 2 is 2.05 bits per heavy atom. The molecule has 4 nitrogen and oxygen atoms in total. The van der Waals surface area contributed by atoms with E-state index < -0.39 is 0 Å². The molecule has 0 aliphatic heterocycles. The largest absolute Gasteiger partial charge is 0.479 e. The highest BCUT2D eigenvalue weighted by Crippen LogP contribution is 2.30. The molecule has 0 saturated heterocycles. The van der Waals surface area contributed by atoms with Crippen LogP contribution < -0.4 is 15.8 Å². The molecule has 1 aromatic rings. The van der Waals surface area contributed by atoms with E-state index in [9.17, 15) is 0 Å². The number of nitrogens with two attached hydrogens (primary N) is 1. The summed E-state index contributed by atoms with van der Waals surface area (Å²) in [5, 5.41) is 3.36. The summed E-state index contributed by atoms with van der Waals surface area (Å²) in [5.74, 6) is 3.14. The van der Waals surface area contributed by atoms with Crippen molar-refractivity contribution in [2.45, 2.75) is 39.0 Å². The van der Waals surface area contributed by atoms with Crippen molar-refractivity contribution in [3.8, 4) is 5.88 Å². The number of rotatable bonds is 5. The van der Waals surface area contributed by atoms with Gasteiger partial charge in [0.1, 0.15) is 5.82 Å². The Bertz CT molecular complexity index is 400. The molecule has 0 bridgehead atoms. The van der Waals surface area contributed by atoms with Crippen LogP contribution in [0.1, 0.15) is 39.0 Å². The second kappa shape index (κ2) is 6.64. The lowest BCUT2D eigenvalue weighted by molar-refractivity contribution is 0.282. The fourth-order valence-electron chi connectivity index (χ4n) is 2.74. The van der Waals surface area contributed by atoms with Crippen molar-refractivity contribution in [2.24, 2.45) is 11.8 Å². The molecule has 106 valence electrons. The average Bonchev–Trinajstić information content (AvgIpc) is 2.43. The SMILES string of the molecule is COc1nc(NCCC2CCC(C)CC2)ccc1N. The third-order valence-corrected chi connectivity index (χ3v) is 4.08. The van der Waals surface area contributed by atoms with Gasteiger partial charge in [0.15, 0.2) is 0 Å². The number of hydrogen-bond donors (Lipinski definition) is 2. The van der Waals surface area contributed by atoms with Gasteiger partial charge in [-0.3, -0.25) is 0 Å². The van der Waals surface area contributed by atoms with Gasteiger partial charge in [0, 0.05) is 6.54 Å². The van der Waals surface area contributed by atoms with Gasteiger partial charge >= 0.3 is 0 Å². The molecule has 1 saturated carbocycles. The number of methoxy groups -OCH3 is 1. The van der Waals surface area contributed by atoms with Gasteiger partial charge < -0.3 is 15.8 Å². The maximum atomic E-state index is 5.74. The van der Waals surface area contributed by atoms with Crippen molar-refractivity contribution in [3.05, 3.63) is 12.1 Å². The summed E-state index contributed by atoms with van der Waals surface area (Å²) in [6, 6.07) is 3.73. The molecule has 0 amide bonds. The molecule has 1 aliphatic rings. The summed E-state index contributed by atoms with van der Waals surface area (Å²) < 4.78 is 5.12. The Hall–Kier alpha value is -1.45. The third kappa shape index (κ3) is 4.01. The van der Waals surface area contributed by atoms with E-state index in [1.807, 2.05) is 12.1 Å². The molecule has 0 aromatic carbocycles. The average molecular weight is 263 g/mol. The van der Waals surface area contributed by atoms with E-state index in [4.69, 9.17) is 10.5 Å². The standard InChI is InChI=1S/C15H25N3O/c1-11-3-5-12(6-4-11)9-10-17-14-8-7-13(16)15(18-14)19-2/h7-8,11-12H,3-6,9-10,16H2,1-2H3,(H,17,18). The lowest BCUT2D eigenvalue weighted by Crippen LogP contribution is -2.16. The normalized spacial score (nSPS) is 23.1. The van der Waals surface area contributed by atoms with Crippen molar-refractivity contribution in [3.63, 3.8) is 0 Å². The van der Waals surface area contributed by atoms with E-state index in [1.54, 1.807) is 7.11 Å². The van der Waals surface area contributed by atoms with Gasteiger partial charge in [-0.25, -0.2) is 0 Å². The molecule has 1 aromatic heterocycles. The third-order valence-electron chi connectivity index (χ3n) is 4.08. The molecule has 1 heterocycles. The Balaban J connectivity index is 1.76. The van der Waals surface area contributed by atoms with Gasteiger partial charge in [0.2, 0.25) is 5.88 Å². The van der Waals surface area contributed by atoms with E-state index in [0.29, 0.717) is 11.6 Å². The van der Waals surface area contributed by atoms with Crippen molar-refractivity contribution in [2.75, 3.05) is 24.7 Å². The molecular weight excluding hydrogens is 238 g/mol. The quantitative estimate of drug-likeness (QED) is 0.855. The summed E-state index contributed by atoms with van der Waals surface area (Å²) in [5.41, 5.74) is 6.32. The first-order chi connectivity index (χ1) is 9.19. The van der Waals surface area contributed by atoms with Crippen LogP contribution in [0, 0.1) is 11.8 Å². The molecule has 0 radical (unpaired) electrons. The Morgan fingerprint density at radius 1 is 1.32 bits per heavy atom. The van der Waals surface area contributed by atoms with Crippen molar-refractivity contribution < 1.29 is 4.74 Å². The summed E-state index contributed by atoms with van der Waals surface area (Å²) in [6.45, 7) is 3.33. The zero-order valence-corrected chi connectivity index (χ0v) is 12.0. The maximum absolute atomic E-state index is 5.74.